The number of carbonyl (C=O) groups is 4. The second kappa shape index (κ2) is 9.08. The predicted octanol–water partition coefficient (Wildman–Crippen LogP) is 2.15. The number of ether oxygens (including phenoxy) is 7. The van der Waals surface area contributed by atoms with Gasteiger partial charge in [-0.25, -0.2) is 4.79 Å². The van der Waals surface area contributed by atoms with Crippen LogP contribution in [0.25, 0.3) is 0 Å². The van der Waals surface area contributed by atoms with Crippen LogP contribution in [-0.4, -0.2) is 87.9 Å². The molecule has 1 spiro atoms. The van der Waals surface area contributed by atoms with Crippen LogP contribution < -0.4 is 0 Å². The van der Waals surface area contributed by atoms with E-state index in [1.165, 1.54) is 39.6 Å². The number of carbonyl (C=O) groups excluding carboxylic acids is 4. The minimum atomic E-state index is -2.14. The highest BCUT2D eigenvalue weighted by Crippen LogP contribution is 2.88. The second-order valence-electron chi connectivity index (χ2n) is 15.2. The molecule has 1 aromatic heterocycles. The van der Waals surface area contributed by atoms with Crippen molar-refractivity contribution in [2.45, 2.75) is 120 Å². The topological polar surface area (TPSA) is 186 Å². The molecule has 13 unspecified atom stereocenters. The number of esters is 4. The molecule has 0 radical (unpaired) electrons. The van der Waals surface area contributed by atoms with E-state index >= 15 is 0 Å². The van der Waals surface area contributed by atoms with E-state index in [1.54, 1.807) is 33.8 Å². The molecule has 2 N–H and O–H groups in total. The average Bonchev–Trinajstić information content (AvgIpc) is 3.78. The number of furan rings is 1. The van der Waals surface area contributed by atoms with Crippen LogP contribution >= 0.6 is 0 Å². The molecule has 2 saturated heterocycles. The summed E-state index contributed by atoms with van der Waals surface area (Å²) in [5, 5.41) is 25.9. The lowest BCUT2D eigenvalue weighted by atomic mass is 9.34. The van der Waals surface area contributed by atoms with Gasteiger partial charge in [-0.1, -0.05) is 20.8 Å². The summed E-state index contributed by atoms with van der Waals surface area (Å²) >= 11 is 0. The van der Waals surface area contributed by atoms with E-state index in [9.17, 15) is 29.4 Å². The van der Waals surface area contributed by atoms with Crippen LogP contribution in [0.4, 0.5) is 0 Å². The Kier molecular flexibility index (Phi) is 6.04. The van der Waals surface area contributed by atoms with Crippen LogP contribution in [0.2, 0.25) is 0 Å². The molecule has 14 heteroatoms. The van der Waals surface area contributed by atoms with Crippen molar-refractivity contribution < 1.29 is 67.0 Å². The summed E-state index contributed by atoms with van der Waals surface area (Å²) in [6, 6.07) is 1.63. The zero-order valence-electron chi connectivity index (χ0n) is 27.8. The molecule has 48 heavy (non-hydrogen) atoms. The van der Waals surface area contributed by atoms with Gasteiger partial charge in [0.1, 0.15) is 23.4 Å². The predicted molar refractivity (Wildman–Crippen MR) is 156 cm³/mol. The maximum Gasteiger partial charge on any atom is 0.331 e. The summed E-state index contributed by atoms with van der Waals surface area (Å²) < 4.78 is 49.4. The fourth-order valence-electron chi connectivity index (χ4n) is 11.8. The Labute approximate surface area is 275 Å². The van der Waals surface area contributed by atoms with Crippen molar-refractivity contribution in [1.82, 2.24) is 0 Å². The summed E-state index contributed by atoms with van der Waals surface area (Å²) in [6.07, 6.45) is -1.67. The Morgan fingerprint density at radius 1 is 1.10 bits per heavy atom. The fraction of sp³-hybridized carbons (Fsp3) is 0.706. The molecule has 13 atom stereocenters. The van der Waals surface area contributed by atoms with Crippen molar-refractivity contribution in [1.29, 1.82) is 0 Å². The van der Waals surface area contributed by atoms with Gasteiger partial charge >= 0.3 is 23.9 Å². The molecule has 3 aliphatic heterocycles. The number of hydrogen-bond donors (Lipinski definition) is 2. The molecule has 4 aliphatic carbocycles. The van der Waals surface area contributed by atoms with E-state index in [1.807, 2.05) is 0 Å². The number of methoxy groups -OCH3 is 1. The largest absolute Gasteiger partial charge is 0.472 e. The highest BCUT2D eigenvalue weighted by molar-refractivity contribution is 5.86. The highest BCUT2D eigenvalue weighted by Gasteiger charge is 3.03. The Morgan fingerprint density at radius 2 is 1.83 bits per heavy atom. The van der Waals surface area contributed by atoms with Gasteiger partial charge in [-0.05, 0) is 30.9 Å². The number of aliphatic hydroxyl groups excluding tert-OH is 1. The van der Waals surface area contributed by atoms with Gasteiger partial charge in [-0.3, -0.25) is 14.4 Å². The van der Waals surface area contributed by atoms with Crippen molar-refractivity contribution in [3.63, 3.8) is 0 Å². The molecule has 4 heterocycles. The first-order valence-electron chi connectivity index (χ1n) is 16.3. The van der Waals surface area contributed by atoms with Crippen molar-refractivity contribution in [2.24, 2.45) is 22.2 Å². The normalized spacial score (nSPS) is 51.8. The lowest BCUT2D eigenvalue weighted by Gasteiger charge is -2.76. The van der Waals surface area contributed by atoms with Gasteiger partial charge in [-0.2, -0.15) is 0 Å². The summed E-state index contributed by atoms with van der Waals surface area (Å²) in [5.74, 6) is -5.49. The summed E-state index contributed by atoms with van der Waals surface area (Å²) in [7, 11) is 1.25. The standard InChI is InChI=1S/C34H40O14/c1-8-21(37)45-34-25(43-16(2)35)27(3)15-31(34,40)29(5,18(27)11-22(38)41-7)32-13-20(36)28(4)19(33(32)26(34)46-30(6,47-32)48-33)12-23(39)44-24(28)17-9-10-42-14-17/h9-10,12,14,18,20,24-26,36,40H,8,11,13,15H2,1-7H3. The van der Waals surface area contributed by atoms with Gasteiger partial charge in [-0.15, -0.1) is 0 Å². The zero-order valence-corrected chi connectivity index (χ0v) is 27.8. The monoisotopic (exact) mass is 672 g/mol. The Hall–Kier alpha value is -3.30. The van der Waals surface area contributed by atoms with Crippen LogP contribution in [0.3, 0.4) is 0 Å². The molecule has 14 nitrogen and oxygen atoms in total. The molecular weight excluding hydrogens is 632 g/mol. The lowest BCUT2D eigenvalue weighted by molar-refractivity contribution is -0.446. The van der Waals surface area contributed by atoms with E-state index in [0.29, 0.717) is 5.56 Å². The van der Waals surface area contributed by atoms with Crippen molar-refractivity contribution in [2.75, 3.05) is 7.11 Å². The van der Waals surface area contributed by atoms with Crippen LogP contribution in [0.15, 0.2) is 34.7 Å². The van der Waals surface area contributed by atoms with Crippen molar-refractivity contribution >= 4 is 23.9 Å². The van der Waals surface area contributed by atoms with E-state index in [4.69, 9.17) is 37.6 Å². The number of rotatable bonds is 6. The van der Waals surface area contributed by atoms with Crippen molar-refractivity contribution in [3.8, 4) is 0 Å². The molecule has 4 saturated carbocycles. The van der Waals surface area contributed by atoms with Gasteiger partial charge in [0.15, 0.2) is 11.7 Å². The number of hydrogen-bond acceptors (Lipinski definition) is 14. The van der Waals surface area contributed by atoms with E-state index < -0.39 is 98.8 Å². The zero-order chi connectivity index (χ0) is 34.7. The SMILES string of the molecule is CCC(=O)OC12C(OC(C)=O)C3(C)CC1(O)C(C)(C3CC(=O)OC)C13CC(O)C4(C)C(=CC(=O)OC4c4ccoc4)C14OC(C)(OC42)O3. The molecule has 6 fully saturated rings. The third kappa shape index (κ3) is 3.02. The first-order chi connectivity index (χ1) is 22.4. The molecule has 8 rings (SSSR count). The van der Waals surface area contributed by atoms with Crippen LogP contribution in [-0.2, 0) is 52.3 Å². The third-order valence-corrected chi connectivity index (χ3v) is 13.4. The van der Waals surface area contributed by atoms with E-state index in [2.05, 4.69) is 0 Å². The van der Waals surface area contributed by atoms with Gasteiger partial charge < -0.3 is 47.8 Å². The van der Waals surface area contributed by atoms with Crippen LogP contribution in [0.1, 0.15) is 78.9 Å². The maximum absolute atomic E-state index is 13.6. The van der Waals surface area contributed by atoms with Gasteiger partial charge in [0.2, 0.25) is 5.60 Å². The van der Waals surface area contributed by atoms with E-state index in [-0.39, 0.29) is 31.3 Å². The van der Waals surface area contributed by atoms with E-state index in [0.717, 1.165) is 0 Å². The molecule has 7 aliphatic rings. The molecule has 0 aromatic carbocycles. The first-order valence-corrected chi connectivity index (χ1v) is 16.3. The minimum Gasteiger partial charge on any atom is -0.472 e. The molecule has 4 bridgehead atoms. The molecule has 260 valence electrons. The first kappa shape index (κ1) is 31.9. The highest BCUT2D eigenvalue weighted by atomic mass is 17.0. The maximum atomic E-state index is 13.6. The quantitative estimate of drug-likeness (QED) is 0.331. The lowest BCUT2D eigenvalue weighted by Crippen LogP contribution is -2.93. The van der Waals surface area contributed by atoms with Crippen LogP contribution in [0.5, 0.6) is 0 Å². The summed E-state index contributed by atoms with van der Waals surface area (Å²) in [4.78, 5) is 53.4. The summed E-state index contributed by atoms with van der Waals surface area (Å²) in [6.45, 7) is 9.57. The van der Waals surface area contributed by atoms with Gasteiger partial charge in [0.25, 0.3) is 5.97 Å². The molecular formula is C34H40O14. The number of fused-ring (bicyclic) bond motifs is 4. The number of aliphatic hydroxyl groups is 2. The molecule has 0 amide bonds. The Balaban J connectivity index is 1.49. The number of cyclic esters (lactones) is 1. The Morgan fingerprint density at radius 3 is 2.46 bits per heavy atom. The second-order valence-corrected chi connectivity index (χ2v) is 15.2. The minimum absolute atomic E-state index is 0.100. The van der Waals surface area contributed by atoms with Crippen molar-refractivity contribution in [3.05, 3.63) is 35.8 Å². The van der Waals surface area contributed by atoms with Gasteiger partial charge in [0.05, 0.1) is 31.2 Å². The van der Waals surface area contributed by atoms with Crippen LogP contribution in [0, 0.1) is 22.2 Å². The average molecular weight is 673 g/mol. The fourth-order valence-corrected chi connectivity index (χ4v) is 11.8. The smallest absolute Gasteiger partial charge is 0.331 e. The third-order valence-electron chi connectivity index (χ3n) is 13.4. The Bertz CT molecular complexity index is 1690. The summed E-state index contributed by atoms with van der Waals surface area (Å²) in [5.41, 5.74) is -11.3. The van der Waals surface area contributed by atoms with Gasteiger partial charge in [0, 0.05) is 55.6 Å². The molecule has 1 aromatic rings.